The van der Waals surface area contributed by atoms with Gasteiger partial charge in [0.25, 0.3) is 5.91 Å². The van der Waals surface area contributed by atoms with Gasteiger partial charge in [-0.2, -0.15) is 5.26 Å². The molecule has 2 rings (SSSR count). The molecule has 0 aromatic heterocycles. The predicted molar refractivity (Wildman–Crippen MR) is 100 cm³/mol. The van der Waals surface area contributed by atoms with Crippen LogP contribution in [0.25, 0.3) is 6.08 Å². The van der Waals surface area contributed by atoms with Gasteiger partial charge in [0.05, 0.1) is 30.5 Å². The van der Waals surface area contributed by atoms with Crippen LogP contribution in [-0.2, 0) is 4.79 Å². The van der Waals surface area contributed by atoms with E-state index in [2.05, 4.69) is 5.32 Å². The van der Waals surface area contributed by atoms with Gasteiger partial charge in [-0.1, -0.05) is 23.7 Å². The van der Waals surface area contributed by atoms with Crippen LogP contribution in [-0.4, -0.2) is 31.2 Å². The minimum atomic E-state index is -1.20. The van der Waals surface area contributed by atoms with Crippen LogP contribution in [0.2, 0.25) is 5.02 Å². The number of carbonyl (C=O) groups excluding carboxylic acids is 1. The molecule has 0 atom stereocenters. The van der Waals surface area contributed by atoms with Crippen molar-refractivity contribution in [2.24, 2.45) is 0 Å². The van der Waals surface area contributed by atoms with E-state index in [4.69, 9.17) is 21.1 Å². The molecular formula is C19H15ClN2O5. The molecule has 0 saturated heterocycles. The number of benzene rings is 2. The summed E-state index contributed by atoms with van der Waals surface area (Å²) in [6, 6.07) is 10.7. The molecule has 2 aromatic carbocycles. The first-order chi connectivity index (χ1) is 12.9. The Morgan fingerprint density at radius 1 is 1.19 bits per heavy atom. The lowest BCUT2D eigenvalue weighted by molar-refractivity contribution is -0.112. The number of nitriles is 1. The fourth-order valence-electron chi connectivity index (χ4n) is 2.25. The zero-order chi connectivity index (χ0) is 20.0. The summed E-state index contributed by atoms with van der Waals surface area (Å²) < 4.78 is 10.3. The summed E-state index contributed by atoms with van der Waals surface area (Å²) in [5.41, 5.74) is 0.0960. The Morgan fingerprint density at radius 2 is 1.81 bits per heavy atom. The zero-order valence-electron chi connectivity index (χ0n) is 14.4. The number of amides is 1. The van der Waals surface area contributed by atoms with Crippen LogP contribution in [0.5, 0.6) is 11.5 Å². The number of para-hydroxylation sites is 1. The van der Waals surface area contributed by atoms with Gasteiger partial charge in [0.1, 0.15) is 11.6 Å². The highest BCUT2D eigenvalue weighted by Gasteiger charge is 2.16. The number of methoxy groups -OCH3 is 2. The number of hydrogen-bond donors (Lipinski definition) is 2. The first kappa shape index (κ1) is 19.8. The van der Waals surface area contributed by atoms with Crippen molar-refractivity contribution in [2.75, 3.05) is 19.5 Å². The highest BCUT2D eigenvalue weighted by molar-refractivity contribution is 6.32. The molecular weight excluding hydrogens is 372 g/mol. The highest BCUT2D eigenvalue weighted by Crippen LogP contribution is 2.34. The molecule has 8 heteroatoms. The highest BCUT2D eigenvalue weighted by atomic mass is 35.5. The Hall–Kier alpha value is -3.50. The second-order valence-electron chi connectivity index (χ2n) is 5.20. The number of carbonyl (C=O) groups is 2. The molecule has 7 nitrogen and oxygen atoms in total. The zero-order valence-corrected chi connectivity index (χ0v) is 15.2. The van der Waals surface area contributed by atoms with Gasteiger partial charge in [-0.25, -0.2) is 4.79 Å². The minimum Gasteiger partial charge on any atom is -0.493 e. The molecule has 27 heavy (non-hydrogen) atoms. The Balaban J connectivity index is 2.38. The lowest BCUT2D eigenvalue weighted by atomic mass is 10.1. The smallest absolute Gasteiger partial charge is 0.337 e. The number of nitrogens with one attached hydrogen (secondary N) is 1. The predicted octanol–water partition coefficient (Wildman–Crippen LogP) is 3.60. The van der Waals surface area contributed by atoms with Crippen LogP contribution in [0.1, 0.15) is 15.9 Å². The first-order valence-corrected chi connectivity index (χ1v) is 7.96. The van der Waals surface area contributed by atoms with Crippen LogP contribution in [0, 0.1) is 11.3 Å². The topological polar surface area (TPSA) is 109 Å². The van der Waals surface area contributed by atoms with Crippen LogP contribution in [0.3, 0.4) is 0 Å². The van der Waals surface area contributed by atoms with Gasteiger partial charge in [-0.15, -0.1) is 0 Å². The molecule has 0 heterocycles. The summed E-state index contributed by atoms with van der Waals surface area (Å²) in [6.45, 7) is 0. The molecule has 0 aliphatic heterocycles. The molecule has 1 amide bonds. The Morgan fingerprint density at radius 3 is 2.41 bits per heavy atom. The minimum absolute atomic E-state index is 0.0783. The van der Waals surface area contributed by atoms with Gasteiger partial charge in [-0.05, 0) is 29.8 Å². The summed E-state index contributed by atoms with van der Waals surface area (Å²) >= 11 is 6.17. The quantitative estimate of drug-likeness (QED) is 0.580. The molecule has 138 valence electrons. The Labute approximate surface area is 160 Å². The maximum Gasteiger partial charge on any atom is 0.337 e. The summed E-state index contributed by atoms with van der Waals surface area (Å²) in [5.74, 6) is -1.19. The molecule has 0 unspecified atom stereocenters. The van der Waals surface area contributed by atoms with Gasteiger partial charge in [0.15, 0.2) is 11.5 Å². The number of carboxylic acids is 1. The molecule has 0 bridgehead atoms. The number of ether oxygens (including phenoxy) is 2. The molecule has 0 aliphatic carbocycles. The number of anilines is 1. The van der Waals surface area contributed by atoms with Crippen molar-refractivity contribution in [3.8, 4) is 17.6 Å². The second kappa shape index (κ2) is 8.74. The van der Waals surface area contributed by atoms with Crippen molar-refractivity contribution in [2.45, 2.75) is 0 Å². The number of halogens is 1. The van der Waals surface area contributed by atoms with Gasteiger partial charge in [-0.3, -0.25) is 4.79 Å². The second-order valence-corrected chi connectivity index (χ2v) is 5.61. The third kappa shape index (κ3) is 4.57. The van der Waals surface area contributed by atoms with Gasteiger partial charge >= 0.3 is 5.97 Å². The molecule has 2 N–H and O–H groups in total. The van der Waals surface area contributed by atoms with Crippen LogP contribution < -0.4 is 14.8 Å². The number of aromatic carboxylic acids is 1. The normalized spacial score (nSPS) is 10.7. The van der Waals surface area contributed by atoms with E-state index in [1.54, 1.807) is 12.1 Å². The van der Waals surface area contributed by atoms with E-state index in [9.17, 15) is 20.0 Å². The van der Waals surface area contributed by atoms with Crippen molar-refractivity contribution >= 4 is 35.2 Å². The SMILES string of the molecule is COc1cc(Cl)c(/C=C(\C#N)C(=O)Nc2ccccc2C(=O)O)cc1OC. The largest absolute Gasteiger partial charge is 0.493 e. The molecule has 0 saturated carbocycles. The van der Waals surface area contributed by atoms with Crippen LogP contribution in [0.4, 0.5) is 5.69 Å². The van der Waals surface area contributed by atoms with Crippen LogP contribution >= 0.6 is 11.6 Å². The lowest BCUT2D eigenvalue weighted by Gasteiger charge is -2.10. The number of nitrogens with zero attached hydrogens (tertiary/aromatic N) is 1. The van der Waals surface area contributed by atoms with Gasteiger partial charge < -0.3 is 19.9 Å². The maximum atomic E-state index is 12.4. The van der Waals surface area contributed by atoms with Crippen molar-refractivity contribution in [1.82, 2.24) is 0 Å². The van der Waals surface area contributed by atoms with Gasteiger partial charge in [0, 0.05) is 6.07 Å². The van der Waals surface area contributed by atoms with Crippen molar-refractivity contribution in [1.29, 1.82) is 5.26 Å². The lowest BCUT2D eigenvalue weighted by Crippen LogP contribution is -2.16. The standard InChI is InChI=1S/C19H15ClN2O5/c1-26-16-8-11(14(20)9-17(16)27-2)7-12(10-21)18(23)22-15-6-4-3-5-13(15)19(24)25/h3-9H,1-2H3,(H,22,23)(H,24,25)/b12-7+. The Bertz CT molecular complexity index is 963. The molecule has 0 aliphatic rings. The summed E-state index contributed by atoms with van der Waals surface area (Å²) in [6.07, 6.45) is 1.28. The van der Waals surface area contributed by atoms with E-state index in [0.717, 1.165) is 0 Å². The van der Waals surface area contributed by atoms with E-state index in [-0.39, 0.29) is 21.8 Å². The average Bonchev–Trinajstić information content (AvgIpc) is 2.66. The third-order valence-electron chi connectivity index (χ3n) is 3.57. The number of rotatable bonds is 6. The van der Waals surface area contributed by atoms with Crippen LogP contribution in [0.15, 0.2) is 42.0 Å². The van der Waals surface area contributed by atoms with E-state index < -0.39 is 11.9 Å². The van der Waals surface area contributed by atoms with E-state index >= 15 is 0 Å². The number of carboxylic acid groups (broad SMARTS) is 1. The van der Waals surface area contributed by atoms with E-state index in [1.807, 2.05) is 0 Å². The van der Waals surface area contributed by atoms with Gasteiger partial charge in [0.2, 0.25) is 0 Å². The number of hydrogen-bond acceptors (Lipinski definition) is 5. The summed E-state index contributed by atoms with van der Waals surface area (Å²) in [4.78, 5) is 23.7. The first-order valence-electron chi connectivity index (χ1n) is 7.58. The monoisotopic (exact) mass is 386 g/mol. The van der Waals surface area contributed by atoms with Crippen molar-refractivity contribution < 1.29 is 24.2 Å². The summed E-state index contributed by atoms with van der Waals surface area (Å²) in [7, 11) is 2.90. The molecule has 2 aromatic rings. The fraction of sp³-hybridized carbons (Fsp3) is 0.105. The van der Waals surface area contributed by atoms with E-state index in [0.29, 0.717) is 17.1 Å². The molecule has 0 radical (unpaired) electrons. The fourth-order valence-corrected chi connectivity index (χ4v) is 2.46. The molecule has 0 fully saturated rings. The van der Waals surface area contributed by atoms with Crippen molar-refractivity contribution in [3.63, 3.8) is 0 Å². The van der Waals surface area contributed by atoms with Crippen molar-refractivity contribution in [3.05, 3.63) is 58.1 Å². The third-order valence-corrected chi connectivity index (χ3v) is 3.90. The van der Waals surface area contributed by atoms with E-state index in [1.165, 1.54) is 50.6 Å². The average molecular weight is 387 g/mol. The molecule has 0 spiro atoms. The maximum absolute atomic E-state index is 12.4. The summed E-state index contributed by atoms with van der Waals surface area (Å²) in [5, 5.41) is 21.2. The Kier molecular flexibility index (Phi) is 6.41.